The minimum atomic E-state index is 0. The Morgan fingerprint density at radius 1 is 1.25 bits per heavy atom. The summed E-state index contributed by atoms with van der Waals surface area (Å²) in [6.07, 6.45) is 1.20. The average molecular weight is 164 g/mol. The summed E-state index contributed by atoms with van der Waals surface area (Å²) in [5.41, 5.74) is 2.82. The number of rotatable bonds is 2. The SMILES string of the molecule is C.Cc1cccc(CC(C)C)c1. The van der Waals surface area contributed by atoms with Crippen LogP contribution in [0.4, 0.5) is 0 Å². The predicted octanol–water partition coefficient (Wildman–Crippen LogP) is 3.83. The fourth-order valence-corrected chi connectivity index (χ4v) is 1.31. The summed E-state index contributed by atoms with van der Waals surface area (Å²) in [4.78, 5) is 0. The summed E-state index contributed by atoms with van der Waals surface area (Å²) in [6.45, 7) is 6.65. The lowest BCUT2D eigenvalue weighted by Gasteiger charge is -2.04. The van der Waals surface area contributed by atoms with Crippen LogP contribution < -0.4 is 0 Å². The minimum Gasteiger partial charge on any atom is -0.0776 e. The van der Waals surface area contributed by atoms with E-state index < -0.39 is 0 Å². The van der Waals surface area contributed by atoms with Gasteiger partial charge in [-0.25, -0.2) is 0 Å². The smallest absolute Gasteiger partial charge is 0.0256 e. The Morgan fingerprint density at radius 2 is 1.92 bits per heavy atom. The lowest BCUT2D eigenvalue weighted by atomic mass is 10.0. The van der Waals surface area contributed by atoms with Crippen LogP contribution in [0, 0.1) is 12.8 Å². The number of aryl methyl sites for hydroxylation is 1. The Morgan fingerprint density at radius 3 is 2.42 bits per heavy atom. The Labute approximate surface area is 76.6 Å². The highest BCUT2D eigenvalue weighted by molar-refractivity contribution is 5.22. The van der Waals surface area contributed by atoms with Crippen molar-refractivity contribution in [1.29, 1.82) is 0 Å². The molecule has 12 heavy (non-hydrogen) atoms. The van der Waals surface area contributed by atoms with Crippen LogP contribution in [0.3, 0.4) is 0 Å². The van der Waals surface area contributed by atoms with Gasteiger partial charge in [0, 0.05) is 0 Å². The highest BCUT2D eigenvalue weighted by Gasteiger charge is 1.96. The monoisotopic (exact) mass is 164 g/mol. The molecule has 0 aliphatic rings. The van der Waals surface area contributed by atoms with Gasteiger partial charge in [-0.1, -0.05) is 51.1 Å². The van der Waals surface area contributed by atoms with Gasteiger partial charge in [0.05, 0.1) is 0 Å². The van der Waals surface area contributed by atoms with Crippen LogP contribution in [-0.2, 0) is 6.42 Å². The van der Waals surface area contributed by atoms with Gasteiger partial charge in [-0.2, -0.15) is 0 Å². The molecule has 0 fully saturated rings. The Kier molecular flexibility index (Phi) is 4.65. The maximum absolute atomic E-state index is 2.26. The van der Waals surface area contributed by atoms with E-state index in [4.69, 9.17) is 0 Å². The zero-order chi connectivity index (χ0) is 8.27. The maximum atomic E-state index is 2.26. The van der Waals surface area contributed by atoms with E-state index in [-0.39, 0.29) is 7.43 Å². The number of benzene rings is 1. The third-order valence-corrected chi connectivity index (χ3v) is 1.73. The van der Waals surface area contributed by atoms with Crippen molar-refractivity contribution in [3.05, 3.63) is 35.4 Å². The average Bonchev–Trinajstić information content (AvgIpc) is 1.85. The van der Waals surface area contributed by atoms with Crippen LogP contribution in [-0.4, -0.2) is 0 Å². The van der Waals surface area contributed by atoms with Gasteiger partial charge in [-0.3, -0.25) is 0 Å². The van der Waals surface area contributed by atoms with Gasteiger partial charge >= 0.3 is 0 Å². The first-order valence-corrected chi connectivity index (χ1v) is 4.24. The molecule has 0 bridgehead atoms. The first-order chi connectivity index (χ1) is 5.18. The minimum absolute atomic E-state index is 0. The zero-order valence-electron chi connectivity index (χ0n) is 7.59. The van der Waals surface area contributed by atoms with E-state index in [1.54, 1.807) is 0 Å². The van der Waals surface area contributed by atoms with Crippen LogP contribution in [0.2, 0.25) is 0 Å². The fraction of sp³-hybridized carbons (Fsp3) is 0.500. The van der Waals surface area contributed by atoms with Crippen LogP contribution in [0.15, 0.2) is 24.3 Å². The van der Waals surface area contributed by atoms with Crippen molar-refractivity contribution >= 4 is 0 Å². The van der Waals surface area contributed by atoms with Crippen molar-refractivity contribution in [2.24, 2.45) is 5.92 Å². The predicted molar refractivity (Wildman–Crippen MR) is 56.5 cm³/mol. The van der Waals surface area contributed by atoms with Gasteiger partial charge in [-0.05, 0) is 24.8 Å². The van der Waals surface area contributed by atoms with E-state index in [1.807, 2.05) is 0 Å². The van der Waals surface area contributed by atoms with Gasteiger partial charge in [0.15, 0.2) is 0 Å². The molecule has 68 valence electrons. The lowest BCUT2D eigenvalue weighted by molar-refractivity contribution is 0.647. The molecule has 0 saturated heterocycles. The van der Waals surface area contributed by atoms with Gasteiger partial charge in [-0.15, -0.1) is 0 Å². The largest absolute Gasteiger partial charge is 0.0776 e. The van der Waals surface area contributed by atoms with Crippen LogP contribution >= 0.6 is 0 Å². The summed E-state index contributed by atoms with van der Waals surface area (Å²) in [6, 6.07) is 8.74. The third kappa shape index (κ3) is 3.56. The third-order valence-electron chi connectivity index (χ3n) is 1.73. The van der Waals surface area contributed by atoms with Crippen molar-refractivity contribution in [2.45, 2.75) is 34.6 Å². The molecule has 0 heterocycles. The van der Waals surface area contributed by atoms with Gasteiger partial charge in [0.2, 0.25) is 0 Å². The first kappa shape index (κ1) is 11.2. The second-order valence-electron chi connectivity index (χ2n) is 3.59. The topological polar surface area (TPSA) is 0 Å². The van der Waals surface area contributed by atoms with Crippen molar-refractivity contribution in [3.63, 3.8) is 0 Å². The number of hydrogen-bond acceptors (Lipinski definition) is 0. The van der Waals surface area contributed by atoms with E-state index >= 15 is 0 Å². The standard InChI is InChI=1S/C11H16.CH4/c1-9(2)7-11-6-4-5-10(3)8-11;/h4-6,8-9H,7H2,1-3H3;1H4. The summed E-state index contributed by atoms with van der Waals surface area (Å²) in [7, 11) is 0. The molecule has 0 aromatic heterocycles. The molecule has 0 atom stereocenters. The summed E-state index contributed by atoms with van der Waals surface area (Å²) in [5, 5.41) is 0. The van der Waals surface area contributed by atoms with Crippen molar-refractivity contribution in [2.75, 3.05) is 0 Å². The van der Waals surface area contributed by atoms with E-state index in [2.05, 4.69) is 45.0 Å². The summed E-state index contributed by atoms with van der Waals surface area (Å²) < 4.78 is 0. The summed E-state index contributed by atoms with van der Waals surface area (Å²) >= 11 is 0. The zero-order valence-corrected chi connectivity index (χ0v) is 7.59. The summed E-state index contributed by atoms with van der Waals surface area (Å²) in [5.74, 6) is 0.761. The number of hydrogen-bond donors (Lipinski definition) is 0. The highest BCUT2D eigenvalue weighted by Crippen LogP contribution is 2.09. The van der Waals surface area contributed by atoms with Crippen LogP contribution in [0.1, 0.15) is 32.4 Å². The molecule has 1 rings (SSSR count). The lowest BCUT2D eigenvalue weighted by Crippen LogP contribution is -1.93. The molecule has 0 spiro atoms. The van der Waals surface area contributed by atoms with E-state index in [0.717, 1.165) is 5.92 Å². The molecule has 0 aliphatic carbocycles. The molecule has 1 aromatic carbocycles. The second kappa shape index (κ2) is 4.97. The normalized spacial score (nSPS) is 9.67. The van der Waals surface area contributed by atoms with Crippen molar-refractivity contribution in [1.82, 2.24) is 0 Å². The Balaban J connectivity index is 0.00000121. The van der Waals surface area contributed by atoms with Crippen molar-refractivity contribution < 1.29 is 0 Å². The quantitative estimate of drug-likeness (QED) is 0.623. The Bertz CT molecular complexity index is 223. The maximum Gasteiger partial charge on any atom is -0.0256 e. The highest BCUT2D eigenvalue weighted by atomic mass is 14.0. The fourth-order valence-electron chi connectivity index (χ4n) is 1.31. The molecule has 0 N–H and O–H groups in total. The van der Waals surface area contributed by atoms with E-state index in [9.17, 15) is 0 Å². The molecule has 0 nitrogen and oxygen atoms in total. The first-order valence-electron chi connectivity index (χ1n) is 4.24. The molecule has 0 aliphatic heterocycles. The van der Waals surface area contributed by atoms with Gasteiger partial charge in [0.25, 0.3) is 0 Å². The van der Waals surface area contributed by atoms with Crippen molar-refractivity contribution in [3.8, 4) is 0 Å². The van der Waals surface area contributed by atoms with E-state index in [1.165, 1.54) is 17.5 Å². The van der Waals surface area contributed by atoms with Gasteiger partial charge in [0.1, 0.15) is 0 Å². The molecule has 0 radical (unpaired) electrons. The second-order valence-corrected chi connectivity index (χ2v) is 3.59. The molecule has 1 aromatic rings. The molecular weight excluding hydrogens is 144 g/mol. The molecular formula is C12H20. The molecule has 0 amide bonds. The molecule has 0 unspecified atom stereocenters. The molecule has 0 saturated carbocycles. The van der Waals surface area contributed by atoms with E-state index in [0.29, 0.717) is 0 Å². The van der Waals surface area contributed by atoms with Crippen LogP contribution in [0.25, 0.3) is 0 Å². The molecule has 0 heteroatoms. The Hall–Kier alpha value is -0.780. The van der Waals surface area contributed by atoms with Gasteiger partial charge < -0.3 is 0 Å². The van der Waals surface area contributed by atoms with Crippen LogP contribution in [0.5, 0.6) is 0 Å².